The van der Waals surface area contributed by atoms with Gasteiger partial charge in [-0.3, -0.25) is 4.79 Å². The van der Waals surface area contributed by atoms with Crippen LogP contribution in [0.2, 0.25) is 0 Å². The Bertz CT molecular complexity index is 331. The summed E-state index contributed by atoms with van der Waals surface area (Å²) in [7, 11) is -3.70. The lowest BCUT2D eigenvalue weighted by Crippen LogP contribution is -2.39. The number of carbonyl (C=O) groups is 1. The van der Waals surface area contributed by atoms with Gasteiger partial charge in [-0.2, -0.15) is 5.26 Å². The summed E-state index contributed by atoms with van der Waals surface area (Å²) in [5.74, 6) is -0.416. The van der Waals surface area contributed by atoms with Crippen molar-refractivity contribution in [1.29, 1.82) is 5.26 Å². The highest BCUT2D eigenvalue weighted by molar-refractivity contribution is 7.90. The predicted molar refractivity (Wildman–Crippen MR) is 50.7 cm³/mol. The molecular formula is C7H13N3O3S. The van der Waals surface area contributed by atoms with Crippen LogP contribution >= 0.6 is 0 Å². The van der Waals surface area contributed by atoms with Crippen molar-refractivity contribution in [2.24, 2.45) is 0 Å². The third-order valence-electron chi connectivity index (χ3n) is 1.46. The Morgan fingerprint density at radius 3 is 2.57 bits per heavy atom. The van der Waals surface area contributed by atoms with Gasteiger partial charge in [0.2, 0.25) is 15.9 Å². The van der Waals surface area contributed by atoms with E-state index in [2.05, 4.69) is 5.32 Å². The minimum atomic E-state index is -3.70. The van der Waals surface area contributed by atoms with E-state index >= 15 is 0 Å². The average molecular weight is 219 g/mol. The van der Waals surface area contributed by atoms with Gasteiger partial charge in [0.25, 0.3) is 0 Å². The number of likely N-dealkylation sites (N-methyl/N-ethyl adjacent to an activating group) is 1. The second-order valence-electron chi connectivity index (χ2n) is 2.59. The van der Waals surface area contributed by atoms with E-state index in [0.29, 0.717) is 6.54 Å². The van der Waals surface area contributed by atoms with Crippen LogP contribution in [0.25, 0.3) is 0 Å². The van der Waals surface area contributed by atoms with Gasteiger partial charge >= 0.3 is 0 Å². The zero-order valence-corrected chi connectivity index (χ0v) is 8.89. The number of hydrogen-bond donors (Lipinski definition) is 2. The van der Waals surface area contributed by atoms with Crippen LogP contribution in [-0.4, -0.2) is 32.7 Å². The molecule has 0 fully saturated rings. The number of rotatable bonds is 5. The van der Waals surface area contributed by atoms with Gasteiger partial charge in [-0.25, -0.2) is 13.1 Å². The number of amides is 1. The quantitative estimate of drug-likeness (QED) is 0.616. The van der Waals surface area contributed by atoms with Gasteiger partial charge in [-0.05, 0) is 13.8 Å². The number of nitrogens with zero attached hydrogens (tertiary/aromatic N) is 1. The van der Waals surface area contributed by atoms with E-state index in [-0.39, 0.29) is 6.54 Å². The van der Waals surface area contributed by atoms with Crippen molar-refractivity contribution in [3.8, 4) is 6.07 Å². The maximum absolute atomic E-state index is 11.2. The molecule has 0 aromatic carbocycles. The lowest BCUT2D eigenvalue weighted by molar-refractivity contribution is -0.119. The minimum Gasteiger partial charge on any atom is -0.355 e. The van der Waals surface area contributed by atoms with Crippen LogP contribution in [0.4, 0.5) is 0 Å². The molecule has 7 heteroatoms. The van der Waals surface area contributed by atoms with E-state index in [1.165, 1.54) is 6.92 Å². The van der Waals surface area contributed by atoms with Crippen LogP contribution < -0.4 is 10.0 Å². The van der Waals surface area contributed by atoms with E-state index < -0.39 is 21.2 Å². The molecule has 1 unspecified atom stereocenters. The molecular weight excluding hydrogens is 206 g/mol. The first-order valence-corrected chi connectivity index (χ1v) is 5.63. The smallest absolute Gasteiger partial charge is 0.235 e. The Hall–Kier alpha value is -1.13. The zero-order valence-electron chi connectivity index (χ0n) is 8.07. The third kappa shape index (κ3) is 4.20. The Kier molecular flexibility index (Phi) is 5.12. The van der Waals surface area contributed by atoms with Crippen molar-refractivity contribution in [1.82, 2.24) is 10.0 Å². The molecule has 0 bridgehead atoms. The zero-order chi connectivity index (χ0) is 11.2. The standard InChI is InChI=1S/C7H13N3O3S/c1-3-9-7(11)5-10-14(12,13)6(2)4-8/h6,10H,3,5H2,1-2H3,(H,9,11). The highest BCUT2D eigenvalue weighted by Crippen LogP contribution is 1.94. The van der Waals surface area contributed by atoms with Crippen LogP contribution in [0.3, 0.4) is 0 Å². The summed E-state index contributed by atoms with van der Waals surface area (Å²) < 4.78 is 24.3. The average Bonchev–Trinajstić information content (AvgIpc) is 2.14. The summed E-state index contributed by atoms with van der Waals surface area (Å²) in [6.45, 7) is 3.08. The molecule has 0 saturated heterocycles. The van der Waals surface area contributed by atoms with Crippen molar-refractivity contribution >= 4 is 15.9 Å². The molecule has 80 valence electrons. The van der Waals surface area contributed by atoms with E-state index in [0.717, 1.165) is 0 Å². The lowest BCUT2D eigenvalue weighted by Gasteiger charge is -2.07. The molecule has 2 N–H and O–H groups in total. The molecule has 0 aromatic rings. The Morgan fingerprint density at radius 1 is 1.57 bits per heavy atom. The van der Waals surface area contributed by atoms with Crippen LogP contribution in [0.15, 0.2) is 0 Å². The Balaban J connectivity index is 4.15. The molecule has 0 radical (unpaired) electrons. The van der Waals surface area contributed by atoms with Crippen LogP contribution in [0, 0.1) is 11.3 Å². The number of nitriles is 1. The van der Waals surface area contributed by atoms with E-state index in [4.69, 9.17) is 5.26 Å². The molecule has 0 aliphatic heterocycles. The minimum absolute atomic E-state index is 0.331. The number of carbonyl (C=O) groups excluding carboxylic acids is 1. The molecule has 0 heterocycles. The van der Waals surface area contributed by atoms with E-state index in [1.807, 2.05) is 4.72 Å². The molecule has 1 atom stereocenters. The summed E-state index contributed by atoms with van der Waals surface area (Å²) in [6, 6.07) is 1.58. The monoisotopic (exact) mass is 219 g/mol. The maximum Gasteiger partial charge on any atom is 0.235 e. The van der Waals surface area contributed by atoms with Gasteiger partial charge in [0.15, 0.2) is 5.25 Å². The van der Waals surface area contributed by atoms with Crippen molar-refractivity contribution in [3.05, 3.63) is 0 Å². The van der Waals surface area contributed by atoms with E-state index in [1.54, 1.807) is 13.0 Å². The predicted octanol–water partition coefficient (Wildman–Crippen LogP) is -1.05. The topological polar surface area (TPSA) is 99.1 Å². The summed E-state index contributed by atoms with van der Waals surface area (Å²) in [5.41, 5.74) is 0. The second-order valence-corrected chi connectivity index (χ2v) is 4.68. The molecule has 0 aliphatic rings. The molecule has 0 rings (SSSR count). The highest BCUT2D eigenvalue weighted by atomic mass is 32.2. The first-order chi connectivity index (χ1) is 6.44. The van der Waals surface area contributed by atoms with Crippen molar-refractivity contribution < 1.29 is 13.2 Å². The molecule has 0 saturated carbocycles. The van der Waals surface area contributed by atoms with Crippen molar-refractivity contribution in [2.75, 3.05) is 13.1 Å². The Morgan fingerprint density at radius 2 is 2.14 bits per heavy atom. The molecule has 0 spiro atoms. The van der Waals surface area contributed by atoms with Gasteiger partial charge in [0.1, 0.15) is 0 Å². The number of hydrogen-bond acceptors (Lipinski definition) is 4. The largest absolute Gasteiger partial charge is 0.355 e. The molecule has 1 amide bonds. The van der Waals surface area contributed by atoms with Crippen LogP contribution in [0.1, 0.15) is 13.8 Å². The fraction of sp³-hybridized carbons (Fsp3) is 0.714. The Labute approximate surface area is 83.3 Å². The lowest BCUT2D eigenvalue weighted by atomic mass is 10.5. The fourth-order valence-electron chi connectivity index (χ4n) is 0.620. The molecule has 14 heavy (non-hydrogen) atoms. The third-order valence-corrected chi connectivity index (χ3v) is 3.04. The van der Waals surface area contributed by atoms with Gasteiger partial charge in [0, 0.05) is 6.54 Å². The van der Waals surface area contributed by atoms with Crippen molar-refractivity contribution in [2.45, 2.75) is 19.1 Å². The molecule has 0 aliphatic carbocycles. The summed E-state index contributed by atoms with van der Waals surface area (Å²) in [6.07, 6.45) is 0. The van der Waals surface area contributed by atoms with Crippen LogP contribution in [0.5, 0.6) is 0 Å². The normalized spacial score (nSPS) is 12.9. The van der Waals surface area contributed by atoms with Gasteiger partial charge in [-0.15, -0.1) is 0 Å². The number of sulfonamides is 1. The van der Waals surface area contributed by atoms with Crippen LogP contribution in [-0.2, 0) is 14.8 Å². The second kappa shape index (κ2) is 5.57. The van der Waals surface area contributed by atoms with Crippen molar-refractivity contribution in [3.63, 3.8) is 0 Å². The highest BCUT2D eigenvalue weighted by Gasteiger charge is 2.20. The summed E-state index contributed by atoms with van der Waals surface area (Å²) in [4.78, 5) is 10.9. The first kappa shape index (κ1) is 12.9. The van der Waals surface area contributed by atoms with Gasteiger partial charge < -0.3 is 5.32 Å². The van der Waals surface area contributed by atoms with Gasteiger partial charge in [-0.1, -0.05) is 0 Å². The number of nitrogens with one attached hydrogen (secondary N) is 2. The fourth-order valence-corrected chi connectivity index (χ4v) is 1.34. The molecule has 6 nitrogen and oxygen atoms in total. The van der Waals surface area contributed by atoms with Gasteiger partial charge in [0.05, 0.1) is 12.6 Å². The SMILES string of the molecule is CCNC(=O)CNS(=O)(=O)C(C)C#N. The van der Waals surface area contributed by atoms with E-state index in [9.17, 15) is 13.2 Å². The maximum atomic E-state index is 11.2. The summed E-state index contributed by atoms with van der Waals surface area (Å²) in [5, 5.41) is 9.64. The first-order valence-electron chi connectivity index (χ1n) is 4.08. The summed E-state index contributed by atoms with van der Waals surface area (Å²) >= 11 is 0. The molecule has 0 aromatic heterocycles.